The maximum Gasteiger partial charge on any atom is 0.0404 e. The molecular weight excluding hydrogens is 585 g/mol. The Bertz CT molecular complexity index is 663. The Balaban J connectivity index is 2.06. The first-order chi connectivity index (χ1) is 9.95. The third-order valence-electron chi connectivity index (χ3n) is 2.91. The van der Waals surface area contributed by atoms with Gasteiger partial charge in [0.1, 0.15) is 0 Å². The molecule has 0 radical (unpaired) electrons. The Morgan fingerprint density at radius 1 is 0.900 bits per heavy atom. The van der Waals surface area contributed by atoms with Gasteiger partial charge in [-0.3, -0.25) is 0 Å². The minimum Gasteiger partial charge on any atom is -0.0937 e. The maximum absolute atomic E-state index is 3.48. The molecule has 0 saturated heterocycles. The van der Waals surface area contributed by atoms with Gasteiger partial charge in [-0.2, -0.15) is 0 Å². The summed E-state index contributed by atoms with van der Waals surface area (Å²) >= 11 is 0.121. The fourth-order valence-corrected chi connectivity index (χ4v) is 7.32. The maximum atomic E-state index is 3.48. The summed E-state index contributed by atoms with van der Waals surface area (Å²) in [6.07, 6.45) is 17.9. The molecule has 0 N–H and O–H groups in total. The van der Waals surface area contributed by atoms with Crippen LogP contribution in [0, 0.1) is 5.92 Å². The Morgan fingerprint density at radius 3 is 2.70 bits per heavy atom. The summed E-state index contributed by atoms with van der Waals surface area (Å²) in [6.45, 7) is 0. The van der Waals surface area contributed by atoms with Crippen LogP contribution < -0.4 is 0 Å². The second-order valence-corrected chi connectivity index (χ2v) is 10.8. The van der Waals surface area contributed by atoms with Crippen molar-refractivity contribution in [3.05, 3.63) is 71.5 Å². The predicted molar refractivity (Wildman–Crippen MR) is 119 cm³/mol. The molecular formula is C17H13I3. The molecule has 20 heavy (non-hydrogen) atoms. The van der Waals surface area contributed by atoms with Crippen molar-refractivity contribution in [1.29, 1.82) is 0 Å². The quantitative estimate of drug-likeness (QED) is 0.381. The predicted octanol–water partition coefficient (Wildman–Crippen LogP) is 5.44. The molecule has 1 atom stereocenters. The molecule has 0 fully saturated rings. The zero-order valence-electron chi connectivity index (χ0n) is 10.6. The molecule has 0 aromatic carbocycles. The topological polar surface area (TPSA) is 0 Å². The van der Waals surface area contributed by atoms with Crippen molar-refractivity contribution >= 4 is 73.9 Å². The van der Waals surface area contributed by atoms with E-state index in [0.29, 0.717) is 5.92 Å². The molecule has 0 nitrogen and oxygen atoms in total. The van der Waals surface area contributed by atoms with E-state index < -0.39 is 0 Å². The van der Waals surface area contributed by atoms with Crippen LogP contribution >= 0.6 is 62.2 Å². The van der Waals surface area contributed by atoms with Crippen LogP contribution in [-0.2, 0) is 0 Å². The molecule has 0 aromatic rings. The lowest BCUT2D eigenvalue weighted by Gasteiger charge is -2.21. The molecule has 1 unspecified atom stereocenters. The van der Waals surface area contributed by atoms with Gasteiger partial charge in [-0.15, -0.1) is 0 Å². The molecule has 102 valence electrons. The highest BCUT2D eigenvalue weighted by atomic mass is 127. The van der Waals surface area contributed by atoms with Crippen LogP contribution in [0.25, 0.3) is 0 Å². The Morgan fingerprint density at radius 2 is 1.90 bits per heavy atom. The summed E-state index contributed by atoms with van der Waals surface area (Å²) in [5.41, 5.74) is 2.95. The summed E-state index contributed by atoms with van der Waals surface area (Å²) in [7, 11) is 0. The van der Waals surface area contributed by atoms with Crippen LogP contribution in [0.2, 0.25) is 0 Å². The molecule has 0 bridgehead atoms. The number of hydrogen-bond donors (Lipinski definition) is 0. The van der Waals surface area contributed by atoms with Crippen LogP contribution in [-0.4, -0.2) is 11.7 Å². The largest absolute Gasteiger partial charge is 0.0937 e. The highest BCUT2D eigenvalue weighted by Gasteiger charge is 2.20. The molecule has 0 spiro atoms. The normalized spacial score (nSPS) is 21.7. The SMILES string of the molecule is C1=CC=CC=C(C(C2=CC=IC=C2)C2=CI=CC=C2)I=1. The Hall–Kier alpha value is 0.0200. The van der Waals surface area contributed by atoms with Gasteiger partial charge in [0.15, 0.2) is 0 Å². The van der Waals surface area contributed by atoms with Gasteiger partial charge >= 0.3 is 0 Å². The lowest BCUT2D eigenvalue weighted by molar-refractivity contribution is 0.952. The number of hydrogen-bond acceptors (Lipinski definition) is 0. The molecule has 0 aromatic heterocycles. The molecule has 3 heterocycles. The van der Waals surface area contributed by atoms with Gasteiger partial charge in [0.2, 0.25) is 0 Å². The minimum atomic E-state index is -0.132. The van der Waals surface area contributed by atoms with Crippen LogP contribution in [0.4, 0.5) is 0 Å². The molecule has 3 rings (SSSR count). The third kappa shape index (κ3) is 3.81. The van der Waals surface area contributed by atoms with Crippen molar-refractivity contribution in [2.75, 3.05) is 0 Å². The fourth-order valence-electron chi connectivity index (χ4n) is 2.03. The zero-order chi connectivity index (χ0) is 13.6. The molecule has 3 aliphatic rings. The van der Waals surface area contributed by atoms with E-state index in [2.05, 4.69) is 68.5 Å². The average Bonchev–Trinajstić information content (AvgIpc) is 2.79. The van der Waals surface area contributed by atoms with E-state index in [-0.39, 0.29) is 62.2 Å². The van der Waals surface area contributed by atoms with E-state index in [1.165, 1.54) is 11.1 Å². The van der Waals surface area contributed by atoms with Gasteiger partial charge in [-0.25, -0.2) is 0 Å². The van der Waals surface area contributed by atoms with Gasteiger partial charge < -0.3 is 0 Å². The van der Waals surface area contributed by atoms with Crippen LogP contribution in [0.5, 0.6) is 0 Å². The van der Waals surface area contributed by atoms with E-state index in [0.717, 1.165) is 0 Å². The van der Waals surface area contributed by atoms with E-state index >= 15 is 0 Å². The Kier molecular flexibility index (Phi) is 5.87. The number of halogens is 3. The molecule has 0 amide bonds. The third-order valence-corrected chi connectivity index (χ3v) is 8.65. The van der Waals surface area contributed by atoms with Crippen molar-refractivity contribution in [3.8, 4) is 0 Å². The number of allylic oxidation sites excluding steroid dienone is 11. The smallest absolute Gasteiger partial charge is 0.0404 e. The van der Waals surface area contributed by atoms with Crippen molar-refractivity contribution < 1.29 is 0 Å². The first kappa shape index (κ1) is 14.9. The van der Waals surface area contributed by atoms with Gasteiger partial charge in [-0.1, -0.05) is 87.7 Å². The molecule has 0 aliphatic carbocycles. The van der Waals surface area contributed by atoms with Gasteiger partial charge in [0, 0.05) is 9.50 Å². The van der Waals surface area contributed by atoms with Crippen molar-refractivity contribution in [2.45, 2.75) is 0 Å². The first-order valence-electron chi connectivity index (χ1n) is 6.18. The average molecular weight is 598 g/mol. The highest BCUT2D eigenvalue weighted by molar-refractivity contribution is 14.2. The van der Waals surface area contributed by atoms with Gasteiger partial charge in [0.25, 0.3) is 0 Å². The summed E-state index contributed by atoms with van der Waals surface area (Å²) in [5, 5.41) is 0. The standard InChI is InChI=1S/C17H13I3/c1-2-6-16(20-10-3-1)17(14-7-11-18-12-8-14)15-5-4-9-19-13-15/h1-9,11-13,17H. The second kappa shape index (κ2) is 7.87. The lowest BCUT2D eigenvalue weighted by atomic mass is 9.90. The van der Waals surface area contributed by atoms with Crippen molar-refractivity contribution in [2.24, 2.45) is 5.92 Å². The fraction of sp³-hybridized carbons (Fsp3) is 0.0588. The van der Waals surface area contributed by atoms with E-state index in [1.807, 2.05) is 0 Å². The lowest BCUT2D eigenvalue weighted by Crippen LogP contribution is -2.07. The van der Waals surface area contributed by atoms with Gasteiger partial charge in [0.05, 0.1) is 0 Å². The highest BCUT2D eigenvalue weighted by Crippen LogP contribution is 2.39. The zero-order valence-corrected chi connectivity index (χ0v) is 17.1. The van der Waals surface area contributed by atoms with Crippen LogP contribution in [0.3, 0.4) is 0 Å². The van der Waals surface area contributed by atoms with Crippen LogP contribution in [0.15, 0.2) is 71.5 Å². The Labute approximate surface area is 149 Å². The summed E-state index contributed by atoms with van der Waals surface area (Å²) in [4.78, 5) is 0. The molecule has 3 aliphatic heterocycles. The minimum absolute atomic E-state index is 0.0991. The molecule has 0 saturated carbocycles. The summed E-state index contributed by atoms with van der Waals surface area (Å²) in [5.74, 6) is 0.452. The van der Waals surface area contributed by atoms with E-state index in [1.54, 1.807) is 3.58 Å². The summed E-state index contributed by atoms with van der Waals surface area (Å²) < 4.78 is 14.6. The monoisotopic (exact) mass is 598 g/mol. The van der Waals surface area contributed by atoms with Crippen molar-refractivity contribution in [1.82, 2.24) is 0 Å². The van der Waals surface area contributed by atoms with E-state index in [4.69, 9.17) is 0 Å². The second-order valence-electron chi connectivity index (χ2n) is 4.17. The van der Waals surface area contributed by atoms with Crippen molar-refractivity contribution in [3.63, 3.8) is 0 Å². The molecule has 3 heteroatoms. The first-order valence-corrected chi connectivity index (χ1v) is 13.3. The van der Waals surface area contributed by atoms with Gasteiger partial charge in [-0.05, 0) is 54.1 Å². The summed E-state index contributed by atoms with van der Waals surface area (Å²) in [6, 6.07) is 0. The number of rotatable bonds is 3. The van der Waals surface area contributed by atoms with Crippen LogP contribution in [0.1, 0.15) is 0 Å². The van der Waals surface area contributed by atoms with E-state index in [9.17, 15) is 0 Å².